The molecule has 1 saturated carbocycles. The first-order valence-corrected chi connectivity index (χ1v) is 5.87. The summed E-state index contributed by atoms with van der Waals surface area (Å²) in [6.07, 6.45) is 4.39. The fourth-order valence-corrected chi connectivity index (χ4v) is 2.09. The Morgan fingerprint density at radius 3 is 2.62 bits per heavy atom. The van der Waals surface area contributed by atoms with Crippen molar-refractivity contribution in [3.63, 3.8) is 0 Å². The minimum Gasteiger partial charge on any atom is -0.465 e. The summed E-state index contributed by atoms with van der Waals surface area (Å²) in [5.74, 6) is -0.293. The summed E-state index contributed by atoms with van der Waals surface area (Å²) in [5.41, 5.74) is 0.246. The van der Waals surface area contributed by atoms with Gasteiger partial charge in [-0.2, -0.15) is 0 Å². The number of ketones is 1. The van der Waals surface area contributed by atoms with Crippen LogP contribution in [0.1, 0.15) is 46.5 Å². The number of rotatable bonds is 4. The maximum atomic E-state index is 11.9. The van der Waals surface area contributed by atoms with Gasteiger partial charge in [0, 0.05) is 6.42 Å². The van der Waals surface area contributed by atoms with Crippen LogP contribution in [0.2, 0.25) is 0 Å². The van der Waals surface area contributed by atoms with Gasteiger partial charge in [0.15, 0.2) is 5.78 Å². The first kappa shape index (κ1) is 12.9. The van der Waals surface area contributed by atoms with Crippen molar-refractivity contribution in [3.05, 3.63) is 11.6 Å². The van der Waals surface area contributed by atoms with Gasteiger partial charge in [-0.3, -0.25) is 9.59 Å². The Kier molecular flexibility index (Phi) is 4.27. The predicted octanol–water partition coefficient (Wildman–Crippen LogP) is 2.65. The van der Waals surface area contributed by atoms with Crippen molar-refractivity contribution in [2.75, 3.05) is 6.61 Å². The Bertz CT molecular complexity index is 313. The van der Waals surface area contributed by atoms with Crippen molar-refractivity contribution in [2.24, 2.45) is 5.41 Å². The second-order valence-electron chi connectivity index (χ2n) is 4.56. The first-order chi connectivity index (χ1) is 7.53. The quantitative estimate of drug-likeness (QED) is 0.419. The van der Waals surface area contributed by atoms with Crippen LogP contribution in [-0.2, 0) is 14.3 Å². The van der Waals surface area contributed by atoms with Gasteiger partial charge in [-0.1, -0.05) is 11.6 Å². The molecule has 90 valence electrons. The van der Waals surface area contributed by atoms with E-state index in [9.17, 15) is 9.59 Å². The molecule has 0 amide bonds. The minimum atomic E-state index is -0.882. The van der Waals surface area contributed by atoms with Crippen LogP contribution in [-0.4, -0.2) is 18.4 Å². The summed E-state index contributed by atoms with van der Waals surface area (Å²) in [6.45, 7) is 6.05. The lowest BCUT2D eigenvalue weighted by Gasteiger charge is -2.23. The molecule has 0 unspecified atom stereocenters. The van der Waals surface area contributed by atoms with Gasteiger partial charge >= 0.3 is 5.97 Å². The Labute approximate surface area is 96.9 Å². The van der Waals surface area contributed by atoms with Crippen molar-refractivity contribution < 1.29 is 14.3 Å². The molecular weight excluding hydrogens is 204 g/mol. The average Bonchev–Trinajstić information content (AvgIpc) is 2.58. The van der Waals surface area contributed by atoms with E-state index in [4.69, 9.17) is 4.74 Å². The average molecular weight is 224 g/mol. The Hall–Kier alpha value is -1.12. The summed E-state index contributed by atoms with van der Waals surface area (Å²) in [4.78, 5) is 23.8. The summed E-state index contributed by atoms with van der Waals surface area (Å²) in [7, 11) is 0. The number of allylic oxidation sites excluding steroid dienone is 2. The zero-order valence-electron chi connectivity index (χ0n) is 10.3. The van der Waals surface area contributed by atoms with E-state index >= 15 is 0 Å². The molecule has 0 spiro atoms. The normalized spacial score (nSPS) is 24.3. The zero-order chi connectivity index (χ0) is 12.2. The molecule has 0 aromatic carbocycles. The molecule has 1 fully saturated rings. The monoisotopic (exact) mass is 224 g/mol. The maximum Gasteiger partial charge on any atom is 0.319 e. The van der Waals surface area contributed by atoms with Crippen molar-refractivity contribution in [3.8, 4) is 0 Å². The lowest BCUT2D eigenvalue weighted by Crippen LogP contribution is -2.36. The molecule has 1 rings (SSSR count). The van der Waals surface area contributed by atoms with Crippen molar-refractivity contribution in [1.29, 1.82) is 0 Å². The summed E-state index contributed by atoms with van der Waals surface area (Å²) in [5, 5.41) is 0. The van der Waals surface area contributed by atoms with E-state index in [1.165, 1.54) is 0 Å². The standard InChI is InChI=1S/C13H20O3/c1-4-16-12(15)13(9-7-10(2)3)8-5-6-11(13)14/h7H,4-6,8-9H2,1-3H3/t13-/m0/s1. The van der Waals surface area contributed by atoms with E-state index < -0.39 is 5.41 Å². The van der Waals surface area contributed by atoms with Crippen LogP contribution in [0.5, 0.6) is 0 Å². The second-order valence-corrected chi connectivity index (χ2v) is 4.56. The highest BCUT2D eigenvalue weighted by Crippen LogP contribution is 2.39. The van der Waals surface area contributed by atoms with Gasteiger partial charge in [0.1, 0.15) is 5.41 Å². The van der Waals surface area contributed by atoms with Gasteiger partial charge in [0.25, 0.3) is 0 Å². The van der Waals surface area contributed by atoms with Crippen LogP contribution in [0, 0.1) is 5.41 Å². The number of carbonyl (C=O) groups excluding carboxylic acids is 2. The number of esters is 1. The van der Waals surface area contributed by atoms with E-state index in [1.807, 2.05) is 19.9 Å². The molecule has 0 saturated heterocycles. The van der Waals surface area contributed by atoms with Gasteiger partial charge < -0.3 is 4.74 Å². The van der Waals surface area contributed by atoms with Gasteiger partial charge in [-0.25, -0.2) is 0 Å². The van der Waals surface area contributed by atoms with Crippen LogP contribution in [0.3, 0.4) is 0 Å². The molecule has 0 aliphatic heterocycles. The largest absolute Gasteiger partial charge is 0.465 e. The van der Waals surface area contributed by atoms with E-state index in [0.29, 0.717) is 25.9 Å². The highest BCUT2D eigenvalue weighted by atomic mass is 16.5. The predicted molar refractivity (Wildman–Crippen MR) is 62.0 cm³/mol. The highest BCUT2D eigenvalue weighted by Gasteiger charge is 2.48. The fourth-order valence-electron chi connectivity index (χ4n) is 2.09. The SMILES string of the molecule is CCOC(=O)[C@]1(CC=C(C)C)CCCC1=O. The van der Waals surface area contributed by atoms with Crippen molar-refractivity contribution in [2.45, 2.75) is 46.5 Å². The highest BCUT2D eigenvalue weighted by molar-refractivity contribution is 6.05. The molecule has 0 heterocycles. The number of carbonyl (C=O) groups is 2. The second kappa shape index (κ2) is 5.28. The van der Waals surface area contributed by atoms with E-state index in [-0.39, 0.29) is 11.8 Å². The van der Waals surface area contributed by atoms with Gasteiger partial charge in [0.2, 0.25) is 0 Å². The van der Waals surface area contributed by atoms with Crippen LogP contribution in [0.15, 0.2) is 11.6 Å². The van der Waals surface area contributed by atoms with Gasteiger partial charge in [-0.15, -0.1) is 0 Å². The van der Waals surface area contributed by atoms with Crippen LogP contribution >= 0.6 is 0 Å². The Morgan fingerprint density at radius 1 is 1.50 bits per heavy atom. The Balaban J connectivity index is 2.89. The lowest BCUT2D eigenvalue weighted by atomic mass is 9.81. The van der Waals surface area contributed by atoms with Gasteiger partial charge in [-0.05, 0) is 40.0 Å². The molecule has 3 heteroatoms. The molecule has 1 aliphatic rings. The molecule has 0 radical (unpaired) electrons. The minimum absolute atomic E-state index is 0.0449. The fraction of sp³-hybridized carbons (Fsp3) is 0.692. The molecule has 1 aliphatic carbocycles. The molecule has 16 heavy (non-hydrogen) atoms. The van der Waals surface area contributed by atoms with Crippen LogP contribution < -0.4 is 0 Å². The molecular formula is C13H20O3. The summed E-state index contributed by atoms with van der Waals surface area (Å²) < 4.78 is 5.04. The van der Waals surface area contributed by atoms with Crippen molar-refractivity contribution >= 4 is 11.8 Å². The molecule has 3 nitrogen and oxygen atoms in total. The Morgan fingerprint density at radius 2 is 2.19 bits per heavy atom. The van der Waals surface area contributed by atoms with E-state index in [1.54, 1.807) is 6.92 Å². The topological polar surface area (TPSA) is 43.4 Å². The number of hydrogen-bond acceptors (Lipinski definition) is 3. The number of hydrogen-bond donors (Lipinski definition) is 0. The maximum absolute atomic E-state index is 11.9. The zero-order valence-corrected chi connectivity index (χ0v) is 10.3. The smallest absolute Gasteiger partial charge is 0.319 e. The van der Waals surface area contributed by atoms with Crippen LogP contribution in [0.25, 0.3) is 0 Å². The third-order valence-electron chi connectivity index (χ3n) is 3.07. The number of Topliss-reactive ketones (excluding diaryl/α,β-unsaturated/α-hetero) is 1. The molecule has 1 atom stereocenters. The lowest BCUT2D eigenvalue weighted by molar-refractivity contribution is -0.158. The molecule has 0 aromatic heterocycles. The summed E-state index contributed by atoms with van der Waals surface area (Å²) >= 11 is 0. The summed E-state index contributed by atoms with van der Waals surface area (Å²) in [6, 6.07) is 0. The van der Waals surface area contributed by atoms with E-state index in [0.717, 1.165) is 12.0 Å². The van der Waals surface area contributed by atoms with Gasteiger partial charge in [0.05, 0.1) is 6.61 Å². The molecule has 0 bridgehead atoms. The third-order valence-corrected chi connectivity index (χ3v) is 3.07. The van der Waals surface area contributed by atoms with E-state index in [2.05, 4.69) is 0 Å². The molecule has 0 N–H and O–H groups in total. The first-order valence-electron chi connectivity index (χ1n) is 5.87. The third kappa shape index (κ3) is 2.52. The molecule has 0 aromatic rings. The van der Waals surface area contributed by atoms with Crippen LogP contribution in [0.4, 0.5) is 0 Å². The van der Waals surface area contributed by atoms with Crippen molar-refractivity contribution in [1.82, 2.24) is 0 Å². The number of ether oxygens (including phenoxy) is 1.